The number of aromatic amines is 1. The maximum atomic E-state index is 14.9. The predicted octanol–water partition coefficient (Wildman–Crippen LogP) is 5.18. The van der Waals surface area contributed by atoms with Crippen molar-refractivity contribution in [2.75, 3.05) is 33.3 Å². The molecular weight excluding hydrogens is 602 g/mol. The van der Waals surface area contributed by atoms with Gasteiger partial charge in [-0.3, -0.25) is 19.4 Å². The summed E-state index contributed by atoms with van der Waals surface area (Å²) in [5, 5.41) is 4.09. The molecule has 2 saturated heterocycles. The molecule has 0 spiro atoms. The van der Waals surface area contributed by atoms with Gasteiger partial charge in [0.05, 0.1) is 18.6 Å². The second kappa shape index (κ2) is 13.8. The van der Waals surface area contributed by atoms with Crippen LogP contribution in [0.25, 0.3) is 10.9 Å². The Kier molecular flexibility index (Phi) is 9.19. The Balaban J connectivity index is 1.26. The summed E-state index contributed by atoms with van der Waals surface area (Å²) >= 11 is 0. The number of amides is 3. The molecule has 0 aliphatic carbocycles. The highest BCUT2D eigenvalue weighted by Gasteiger charge is 2.59. The molecule has 0 bridgehead atoms. The molecule has 1 unspecified atom stereocenters. The Morgan fingerprint density at radius 3 is 2.58 bits per heavy atom. The number of hydrogen-bond donors (Lipinski definition) is 2. The van der Waals surface area contributed by atoms with Crippen molar-refractivity contribution < 1.29 is 19.1 Å². The van der Waals surface area contributed by atoms with Crippen LogP contribution in [-0.2, 0) is 39.2 Å². The number of ether oxygens (including phenoxy) is 1. The number of fused-ring (bicyclic) bond motifs is 5. The van der Waals surface area contributed by atoms with Crippen molar-refractivity contribution in [2.45, 2.75) is 63.3 Å². The Bertz CT molecular complexity index is 1770. The Labute approximate surface area is 282 Å². The summed E-state index contributed by atoms with van der Waals surface area (Å²) in [4.78, 5) is 55.0. The highest BCUT2D eigenvalue weighted by molar-refractivity contribution is 5.93. The molecule has 2 aromatic heterocycles. The number of carbonyl (C=O) groups excluding carboxylic acids is 3. The maximum absolute atomic E-state index is 14.9. The van der Waals surface area contributed by atoms with Crippen LogP contribution in [0.15, 0.2) is 72.9 Å². The summed E-state index contributed by atoms with van der Waals surface area (Å²) in [7, 11) is 1.67. The van der Waals surface area contributed by atoms with E-state index in [1.807, 2.05) is 58.3 Å². The molecule has 48 heavy (non-hydrogen) atoms. The molecule has 2 N–H and O–H groups in total. The summed E-state index contributed by atoms with van der Waals surface area (Å²) in [6.45, 7) is 2.40. The zero-order valence-corrected chi connectivity index (χ0v) is 27.7. The van der Waals surface area contributed by atoms with Gasteiger partial charge in [-0.25, -0.2) is 0 Å². The zero-order chi connectivity index (χ0) is 33.1. The van der Waals surface area contributed by atoms with Crippen LogP contribution in [-0.4, -0.2) is 70.8 Å². The lowest BCUT2D eigenvalue weighted by Crippen LogP contribution is -2.66. The van der Waals surface area contributed by atoms with Crippen molar-refractivity contribution in [3.63, 3.8) is 0 Å². The lowest BCUT2D eigenvalue weighted by atomic mass is 9.64. The number of nitrogens with zero attached hydrogens (tertiary/aromatic N) is 3. The Morgan fingerprint density at radius 2 is 1.81 bits per heavy atom. The lowest BCUT2D eigenvalue weighted by Gasteiger charge is -2.56. The topological polar surface area (TPSA) is 108 Å². The van der Waals surface area contributed by atoms with E-state index < -0.39 is 17.4 Å². The Morgan fingerprint density at radius 1 is 1.00 bits per heavy atom. The van der Waals surface area contributed by atoms with Crippen LogP contribution in [0.5, 0.6) is 5.75 Å². The summed E-state index contributed by atoms with van der Waals surface area (Å²) in [5.41, 5.74) is 4.31. The van der Waals surface area contributed by atoms with Crippen LogP contribution < -0.4 is 10.1 Å². The second-order valence-corrected chi connectivity index (χ2v) is 13.5. The highest BCUT2D eigenvalue weighted by Crippen LogP contribution is 2.53. The van der Waals surface area contributed by atoms with E-state index in [1.54, 1.807) is 13.3 Å². The monoisotopic (exact) mass is 647 g/mol. The number of piperidine rings is 2. The van der Waals surface area contributed by atoms with Gasteiger partial charge in [-0.15, -0.1) is 0 Å². The fourth-order valence-electron chi connectivity index (χ4n) is 8.41. The molecule has 3 atom stereocenters. The molecule has 2 fully saturated rings. The fourth-order valence-corrected chi connectivity index (χ4v) is 8.41. The number of nitrogens with one attached hydrogen (secondary N) is 2. The molecule has 3 amide bonds. The molecule has 250 valence electrons. The third-order valence-corrected chi connectivity index (χ3v) is 10.8. The van der Waals surface area contributed by atoms with E-state index in [4.69, 9.17) is 4.74 Å². The van der Waals surface area contributed by atoms with Gasteiger partial charge < -0.3 is 24.8 Å². The lowest BCUT2D eigenvalue weighted by molar-refractivity contribution is -0.167. The number of carbonyl (C=O) groups is 3. The zero-order valence-electron chi connectivity index (χ0n) is 27.7. The molecule has 9 heteroatoms. The third kappa shape index (κ3) is 6.06. The van der Waals surface area contributed by atoms with Gasteiger partial charge in [0.1, 0.15) is 5.75 Å². The van der Waals surface area contributed by atoms with E-state index in [1.165, 1.54) is 5.56 Å². The molecule has 2 aromatic carbocycles. The van der Waals surface area contributed by atoms with Crippen molar-refractivity contribution in [1.82, 2.24) is 25.1 Å². The van der Waals surface area contributed by atoms with E-state index >= 15 is 0 Å². The van der Waals surface area contributed by atoms with Gasteiger partial charge in [0.2, 0.25) is 17.7 Å². The van der Waals surface area contributed by atoms with Crippen LogP contribution in [0, 0.1) is 11.8 Å². The van der Waals surface area contributed by atoms with Gasteiger partial charge in [0.25, 0.3) is 0 Å². The number of pyridine rings is 1. The van der Waals surface area contributed by atoms with Gasteiger partial charge in [0, 0.05) is 73.4 Å². The number of aromatic nitrogens is 2. The van der Waals surface area contributed by atoms with Gasteiger partial charge in [-0.1, -0.05) is 36.4 Å². The van der Waals surface area contributed by atoms with Crippen LogP contribution >= 0.6 is 0 Å². The number of rotatable bonds is 10. The van der Waals surface area contributed by atoms with Crippen molar-refractivity contribution in [1.29, 1.82) is 0 Å². The molecule has 5 heterocycles. The molecular formula is C39H45N5O4. The van der Waals surface area contributed by atoms with E-state index in [9.17, 15) is 14.4 Å². The van der Waals surface area contributed by atoms with E-state index in [-0.39, 0.29) is 24.1 Å². The highest BCUT2D eigenvalue weighted by atomic mass is 16.5. The number of benzene rings is 2. The number of likely N-dealkylation sites (tertiary alicyclic amines) is 1. The van der Waals surface area contributed by atoms with Crippen LogP contribution in [0.3, 0.4) is 0 Å². The van der Waals surface area contributed by atoms with E-state index in [0.717, 1.165) is 66.0 Å². The first-order valence-electron chi connectivity index (χ1n) is 17.5. The third-order valence-electron chi connectivity index (χ3n) is 10.8. The number of aryl methyl sites for hydroxylation is 1. The average molecular weight is 648 g/mol. The normalized spacial score (nSPS) is 22.2. The number of hydrogen-bond acceptors (Lipinski definition) is 5. The van der Waals surface area contributed by atoms with Crippen LogP contribution in [0.1, 0.15) is 61.0 Å². The minimum absolute atomic E-state index is 0.0347. The molecule has 7 rings (SSSR count). The number of methoxy groups -OCH3 is 1. The van der Waals surface area contributed by atoms with Gasteiger partial charge in [0.15, 0.2) is 0 Å². The first kappa shape index (κ1) is 31.9. The Hall–Kier alpha value is -4.66. The predicted molar refractivity (Wildman–Crippen MR) is 184 cm³/mol. The molecule has 0 saturated carbocycles. The molecule has 4 aromatic rings. The molecule has 3 aliphatic heterocycles. The van der Waals surface area contributed by atoms with Crippen molar-refractivity contribution in [3.05, 3.63) is 95.4 Å². The quantitative estimate of drug-likeness (QED) is 0.247. The summed E-state index contributed by atoms with van der Waals surface area (Å²) < 4.78 is 5.60. The van der Waals surface area contributed by atoms with Crippen LogP contribution in [0.2, 0.25) is 0 Å². The fraction of sp³-hybridized carbons (Fsp3) is 0.436. The average Bonchev–Trinajstić information content (AvgIpc) is 3.51. The number of H-pyrrole nitrogens is 1. The van der Waals surface area contributed by atoms with Gasteiger partial charge >= 0.3 is 0 Å². The first-order chi connectivity index (χ1) is 23.5. The minimum Gasteiger partial charge on any atom is -0.497 e. The standard InChI is InChI=1S/C39H45N5O4/c1-48-30-13-14-34-32(26-30)31-17-23-44-37(46)28(25-35(45)41-20-16-29-12-6-7-19-40-29)24-33(38(47)43-21-8-3-9-22-43)39(44,36(31)42-34)18-15-27-10-4-2-5-11-27/h2,4-7,10-14,19,26,28,33,42H,3,8-9,15-18,20-25H2,1H3,(H,41,45)/t28?,33-,39+/m1/s1. The van der Waals surface area contributed by atoms with E-state index in [0.29, 0.717) is 45.2 Å². The molecule has 0 radical (unpaired) electrons. The van der Waals surface area contributed by atoms with Crippen molar-refractivity contribution in [3.8, 4) is 5.75 Å². The SMILES string of the molecule is COc1ccc2[nH]c3c(c2c1)CCN1C(=O)C(CC(=O)NCCc2ccccn2)C[C@H](C(=O)N2CCCCC2)[C@@]31CCc1ccccc1. The van der Waals surface area contributed by atoms with Crippen LogP contribution in [0.4, 0.5) is 0 Å². The van der Waals surface area contributed by atoms with Gasteiger partial charge in [-0.05, 0) is 86.4 Å². The smallest absolute Gasteiger partial charge is 0.228 e. The largest absolute Gasteiger partial charge is 0.497 e. The second-order valence-electron chi connectivity index (χ2n) is 13.5. The summed E-state index contributed by atoms with van der Waals surface area (Å²) in [5.74, 6) is -0.385. The van der Waals surface area contributed by atoms with Crippen molar-refractivity contribution >= 4 is 28.6 Å². The first-order valence-corrected chi connectivity index (χ1v) is 17.5. The van der Waals surface area contributed by atoms with Gasteiger partial charge in [-0.2, -0.15) is 0 Å². The summed E-state index contributed by atoms with van der Waals surface area (Å²) in [6, 6.07) is 22.1. The molecule has 3 aliphatic rings. The minimum atomic E-state index is -0.868. The maximum Gasteiger partial charge on any atom is 0.228 e. The molecule has 9 nitrogen and oxygen atoms in total. The summed E-state index contributed by atoms with van der Waals surface area (Å²) in [6.07, 6.45) is 7.83. The van der Waals surface area contributed by atoms with E-state index in [2.05, 4.69) is 33.5 Å². The van der Waals surface area contributed by atoms with Crippen molar-refractivity contribution in [2.24, 2.45) is 11.8 Å².